The number of halogens is 1. The van der Waals surface area contributed by atoms with E-state index in [1.165, 1.54) is 24.4 Å². The molecule has 0 unspecified atom stereocenters. The number of aromatic nitrogens is 4. The number of rotatable bonds is 4. The maximum absolute atomic E-state index is 13.2. The van der Waals surface area contributed by atoms with Crippen molar-refractivity contribution in [3.05, 3.63) is 48.0 Å². The maximum Gasteiger partial charge on any atom is 0.322 e. The number of hydrogen-bond acceptors (Lipinski definition) is 5. The lowest BCUT2D eigenvalue weighted by atomic mass is 10.2. The lowest BCUT2D eigenvalue weighted by Crippen LogP contribution is -2.17. The Bertz CT molecular complexity index is 811. The van der Waals surface area contributed by atoms with Gasteiger partial charge in [-0.1, -0.05) is 11.2 Å². The molecule has 3 aromatic rings. The predicted molar refractivity (Wildman–Crippen MR) is 75.5 cm³/mol. The van der Waals surface area contributed by atoms with Crippen molar-refractivity contribution in [2.75, 3.05) is 5.32 Å². The van der Waals surface area contributed by atoms with Crippen molar-refractivity contribution in [1.82, 2.24) is 20.0 Å². The van der Waals surface area contributed by atoms with E-state index in [0.717, 1.165) is 0 Å². The van der Waals surface area contributed by atoms with Gasteiger partial charge >= 0.3 is 6.01 Å². The first-order valence-corrected chi connectivity index (χ1v) is 6.60. The van der Waals surface area contributed by atoms with Crippen LogP contribution in [0.4, 0.5) is 10.4 Å². The van der Waals surface area contributed by atoms with Gasteiger partial charge in [-0.3, -0.25) is 14.8 Å². The summed E-state index contributed by atoms with van der Waals surface area (Å²) in [5.74, 6) is -0.694. The van der Waals surface area contributed by atoms with Gasteiger partial charge in [0.25, 0.3) is 5.91 Å². The van der Waals surface area contributed by atoms with Crippen molar-refractivity contribution in [1.29, 1.82) is 0 Å². The molecule has 0 aliphatic heterocycles. The monoisotopic (exact) mass is 301 g/mol. The molecule has 112 valence electrons. The molecule has 0 aliphatic carbocycles. The van der Waals surface area contributed by atoms with E-state index >= 15 is 0 Å². The second-order valence-electron chi connectivity index (χ2n) is 4.41. The minimum absolute atomic E-state index is 0.0619. The molecule has 2 heterocycles. The minimum atomic E-state index is -0.409. The zero-order valence-electron chi connectivity index (χ0n) is 11.7. The van der Waals surface area contributed by atoms with Gasteiger partial charge in [-0.05, 0) is 31.2 Å². The van der Waals surface area contributed by atoms with E-state index in [9.17, 15) is 9.18 Å². The van der Waals surface area contributed by atoms with E-state index in [4.69, 9.17) is 4.42 Å². The molecule has 0 aliphatic rings. The van der Waals surface area contributed by atoms with Gasteiger partial charge in [0.05, 0.1) is 0 Å². The molecule has 3 rings (SSSR count). The number of benzene rings is 1. The highest BCUT2D eigenvalue weighted by Gasteiger charge is 2.15. The van der Waals surface area contributed by atoms with Crippen LogP contribution in [0.3, 0.4) is 0 Å². The van der Waals surface area contributed by atoms with Crippen molar-refractivity contribution < 1.29 is 13.6 Å². The summed E-state index contributed by atoms with van der Waals surface area (Å²) in [7, 11) is 0. The molecule has 1 N–H and O–H groups in total. The smallest absolute Gasteiger partial charge is 0.322 e. The zero-order chi connectivity index (χ0) is 15.5. The third-order valence-corrected chi connectivity index (χ3v) is 2.97. The highest BCUT2D eigenvalue weighted by molar-refractivity contribution is 6.01. The molecule has 0 spiro atoms. The molecular weight excluding hydrogens is 289 g/mol. The predicted octanol–water partition coefficient (Wildman–Crippen LogP) is 2.34. The summed E-state index contributed by atoms with van der Waals surface area (Å²) in [5.41, 5.74) is 0.819. The van der Waals surface area contributed by atoms with Crippen molar-refractivity contribution >= 4 is 11.9 Å². The van der Waals surface area contributed by atoms with E-state index in [2.05, 4.69) is 20.6 Å². The van der Waals surface area contributed by atoms with Gasteiger partial charge < -0.3 is 4.42 Å². The van der Waals surface area contributed by atoms with Gasteiger partial charge in [0.2, 0.25) is 5.89 Å². The number of carbonyl (C=O) groups is 1. The number of nitrogens with one attached hydrogen (secondary N) is 1. The highest BCUT2D eigenvalue weighted by atomic mass is 19.1. The van der Waals surface area contributed by atoms with Gasteiger partial charge in [-0.15, -0.1) is 5.10 Å². The number of nitrogens with zero attached hydrogens (tertiary/aromatic N) is 4. The summed E-state index contributed by atoms with van der Waals surface area (Å²) in [5, 5.41) is 14.0. The average Bonchev–Trinajstić information content (AvgIpc) is 3.15. The standard InChI is InChI=1S/C14H12FN5O2/c1-2-20-11(6-7-16-20)12(21)17-14-19-18-13(22-14)9-4-3-5-10(15)8-9/h3-8H,2H2,1H3,(H,17,19,21). The summed E-state index contributed by atoms with van der Waals surface area (Å²) in [6, 6.07) is 7.28. The summed E-state index contributed by atoms with van der Waals surface area (Å²) in [4.78, 5) is 12.1. The van der Waals surface area contributed by atoms with Gasteiger partial charge in [0.1, 0.15) is 11.5 Å². The summed E-state index contributed by atoms with van der Waals surface area (Å²) in [6.07, 6.45) is 1.53. The topological polar surface area (TPSA) is 85.8 Å². The number of carbonyl (C=O) groups excluding carboxylic acids is 1. The molecule has 2 aromatic heterocycles. The lowest BCUT2D eigenvalue weighted by molar-refractivity contribution is 0.101. The van der Waals surface area contributed by atoms with Crippen molar-refractivity contribution in [2.24, 2.45) is 0 Å². The van der Waals surface area contributed by atoms with Crippen LogP contribution in [0.1, 0.15) is 17.4 Å². The number of hydrogen-bond donors (Lipinski definition) is 1. The fourth-order valence-electron chi connectivity index (χ4n) is 1.95. The number of amides is 1. The molecule has 8 heteroatoms. The van der Waals surface area contributed by atoms with Crippen LogP contribution in [-0.4, -0.2) is 25.9 Å². The summed E-state index contributed by atoms with van der Waals surface area (Å²) >= 11 is 0. The molecule has 0 fully saturated rings. The highest BCUT2D eigenvalue weighted by Crippen LogP contribution is 2.20. The van der Waals surface area contributed by atoms with Crippen molar-refractivity contribution in [2.45, 2.75) is 13.5 Å². The third-order valence-electron chi connectivity index (χ3n) is 2.97. The van der Waals surface area contributed by atoms with Crippen LogP contribution in [0.25, 0.3) is 11.5 Å². The lowest BCUT2D eigenvalue weighted by Gasteiger charge is -2.02. The van der Waals surface area contributed by atoms with Gasteiger partial charge in [0.15, 0.2) is 0 Å². The van der Waals surface area contributed by atoms with E-state index in [0.29, 0.717) is 17.8 Å². The second kappa shape index (κ2) is 5.76. The quantitative estimate of drug-likeness (QED) is 0.799. The molecule has 7 nitrogen and oxygen atoms in total. The Hall–Kier alpha value is -3.03. The largest absolute Gasteiger partial charge is 0.403 e. The first-order chi connectivity index (χ1) is 10.7. The Kier molecular flexibility index (Phi) is 3.65. The number of aryl methyl sites for hydroxylation is 1. The van der Waals surface area contributed by atoms with Crippen molar-refractivity contribution in [3.8, 4) is 11.5 Å². The maximum atomic E-state index is 13.2. The van der Waals surface area contributed by atoms with E-state index in [1.807, 2.05) is 6.92 Å². The molecule has 1 aromatic carbocycles. The van der Waals surface area contributed by atoms with Crippen LogP contribution >= 0.6 is 0 Å². The molecule has 22 heavy (non-hydrogen) atoms. The first kappa shape index (κ1) is 13.9. The molecule has 0 radical (unpaired) electrons. The molecular formula is C14H12FN5O2. The fraction of sp³-hybridized carbons (Fsp3) is 0.143. The molecule has 0 bridgehead atoms. The van der Waals surface area contributed by atoms with Crippen LogP contribution in [0.2, 0.25) is 0 Å². The van der Waals surface area contributed by atoms with E-state index < -0.39 is 11.7 Å². The first-order valence-electron chi connectivity index (χ1n) is 6.60. The second-order valence-corrected chi connectivity index (χ2v) is 4.41. The van der Waals surface area contributed by atoms with Crippen LogP contribution in [0.5, 0.6) is 0 Å². The van der Waals surface area contributed by atoms with E-state index in [1.54, 1.807) is 16.8 Å². The average molecular weight is 301 g/mol. The van der Waals surface area contributed by atoms with Gasteiger partial charge in [0, 0.05) is 18.3 Å². The molecule has 0 saturated heterocycles. The van der Waals surface area contributed by atoms with Gasteiger partial charge in [-0.2, -0.15) is 5.10 Å². The Labute approximate surface area is 124 Å². The Balaban J connectivity index is 1.79. The van der Waals surface area contributed by atoms with Gasteiger partial charge in [-0.25, -0.2) is 4.39 Å². The Morgan fingerprint density at radius 2 is 2.23 bits per heavy atom. The van der Waals surface area contributed by atoms with Crippen LogP contribution in [0, 0.1) is 5.82 Å². The molecule has 0 saturated carbocycles. The zero-order valence-corrected chi connectivity index (χ0v) is 11.7. The van der Waals surface area contributed by atoms with Crippen molar-refractivity contribution in [3.63, 3.8) is 0 Å². The SMILES string of the molecule is CCn1nccc1C(=O)Nc1nnc(-c2cccc(F)c2)o1. The normalized spacial score (nSPS) is 10.6. The Morgan fingerprint density at radius 3 is 3.00 bits per heavy atom. The number of anilines is 1. The van der Waals surface area contributed by atoms with Crippen LogP contribution < -0.4 is 5.32 Å². The molecule has 0 atom stereocenters. The third kappa shape index (κ3) is 2.71. The summed E-state index contributed by atoms with van der Waals surface area (Å²) in [6.45, 7) is 2.44. The van der Waals surface area contributed by atoms with Crippen LogP contribution in [-0.2, 0) is 6.54 Å². The minimum Gasteiger partial charge on any atom is -0.403 e. The van der Waals surface area contributed by atoms with Crippen LogP contribution in [0.15, 0.2) is 40.9 Å². The van der Waals surface area contributed by atoms with E-state index in [-0.39, 0.29) is 11.9 Å². The Morgan fingerprint density at radius 1 is 1.36 bits per heavy atom. The summed E-state index contributed by atoms with van der Waals surface area (Å²) < 4.78 is 20.0. The fourth-order valence-corrected chi connectivity index (χ4v) is 1.95. The molecule has 1 amide bonds.